The molecule has 0 atom stereocenters. The Hall–Kier alpha value is -2.57. The summed E-state index contributed by atoms with van der Waals surface area (Å²) in [5, 5.41) is 2.03. The number of aromatic nitrogens is 1. The number of benzene rings is 3. The molecule has 0 aliphatic heterocycles. The Morgan fingerprint density at radius 2 is 1.87 bits per heavy atom. The minimum Gasteiger partial charge on any atom is -0.496 e. The molecule has 0 saturated heterocycles. The fourth-order valence-electron chi connectivity index (χ4n) is 3.70. The van der Waals surface area contributed by atoms with E-state index in [2.05, 4.69) is 41.8 Å². The van der Waals surface area contributed by atoms with Crippen LogP contribution in [-0.2, 0) is 6.54 Å². The highest BCUT2D eigenvalue weighted by molar-refractivity contribution is 7.98. The molecule has 1 heterocycles. The topological polar surface area (TPSA) is 43.6 Å². The first-order valence-corrected chi connectivity index (χ1v) is 12.0. The zero-order chi connectivity index (χ0) is 21.3. The Morgan fingerprint density at radius 3 is 2.57 bits per heavy atom. The Kier molecular flexibility index (Phi) is 5.97. The lowest BCUT2D eigenvalue weighted by Gasteiger charge is -2.08. The van der Waals surface area contributed by atoms with Crippen molar-refractivity contribution in [3.8, 4) is 5.75 Å². The first-order chi connectivity index (χ1) is 14.5. The van der Waals surface area contributed by atoms with Crippen LogP contribution >= 0.6 is 23.1 Å². The first-order valence-electron chi connectivity index (χ1n) is 9.77. The molecule has 0 radical (unpaired) electrons. The fraction of sp³-hybridized carbons (Fsp3) is 0.250. The van der Waals surface area contributed by atoms with Crippen LogP contribution in [0.5, 0.6) is 5.75 Å². The van der Waals surface area contributed by atoms with Crippen LogP contribution < -0.4 is 9.54 Å². The highest BCUT2D eigenvalue weighted by Gasteiger charge is 2.15. The summed E-state index contributed by atoms with van der Waals surface area (Å²) in [5.74, 6) is 1.22. The molecule has 30 heavy (non-hydrogen) atoms. The van der Waals surface area contributed by atoms with Gasteiger partial charge in [0.1, 0.15) is 5.75 Å². The number of hydrogen-bond acceptors (Lipinski definition) is 4. The lowest BCUT2D eigenvalue weighted by molar-refractivity contribution is 0.0995. The number of thiazole rings is 1. The number of carbonyl (C=O) groups is 1. The third kappa shape index (κ3) is 3.89. The van der Waals surface area contributed by atoms with Gasteiger partial charge >= 0.3 is 0 Å². The predicted octanol–water partition coefficient (Wildman–Crippen LogP) is 5.59. The smallest absolute Gasteiger partial charge is 0.283 e. The second kappa shape index (κ2) is 8.66. The van der Waals surface area contributed by atoms with E-state index in [1.165, 1.54) is 15.8 Å². The van der Waals surface area contributed by atoms with Crippen LogP contribution in [0.2, 0.25) is 0 Å². The van der Waals surface area contributed by atoms with Gasteiger partial charge in [-0.2, -0.15) is 16.8 Å². The third-order valence-corrected chi connectivity index (χ3v) is 6.95. The number of aryl methyl sites for hydroxylation is 3. The van der Waals surface area contributed by atoms with E-state index < -0.39 is 0 Å². The number of fused-ring (bicyclic) bond motifs is 2. The second-order valence-electron chi connectivity index (χ2n) is 7.28. The lowest BCUT2D eigenvalue weighted by atomic mass is 10.1. The highest BCUT2D eigenvalue weighted by Crippen LogP contribution is 2.27. The number of rotatable bonds is 5. The maximum atomic E-state index is 13.2. The zero-order valence-corrected chi connectivity index (χ0v) is 19.2. The molecule has 6 heteroatoms. The van der Waals surface area contributed by atoms with Crippen LogP contribution in [0.25, 0.3) is 21.0 Å². The van der Waals surface area contributed by atoms with Crippen LogP contribution in [-0.4, -0.2) is 29.6 Å². The van der Waals surface area contributed by atoms with E-state index in [0.717, 1.165) is 33.4 Å². The summed E-state index contributed by atoms with van der Waals surface area (Å²) in [7, 11) is 1.59. The molecule has 1 amide bonds. The minimum atomic E-state index is -0.281. The van der Waals surface area contributed by atoms with E-state index in [0.29, 0.717) is 11.3 Å². The van der Waals surface area contributed by atoms with Gasteiger partial charge < -0.3 is 9.30 Å². The van der Waals surface area contributed by atoms with Gasteiger partial charge in [-0.05, 0) is 60.2 Å². The molecule has 4 aromatic rings. The van der Waals surface area contributed by atoms with Crippen LogP contribution in [0.1, 0.15) is 21.5 Å². The van der Waals surface area contributed by atoms with Crippen molar-refractivity contribution in [1.29, 1.82) is 0 Å². The highest BCUT2D eigenvalue weighted by atomic mass is 32.2. The van der Waals surface area contributed by atoms with Gasteiger partial charge in [-0.25, -0.2) is 0 Å². The average Bonchev–Trinajstić information content (AvgIpc) is 3.08. The quantitative estimate of drug-likeness (QED) is 0.410. The predicted molar refractivity (Wildman–Crippen MR) is 128 cm³/mol. The van der Waals surface area contributed by atoms with Crippen LogP contribution in [0, 0.1) is 13.8 Å². The number of hydrogen-bond donors (Lipinski definition) is 0. The Morgan fingerprint density at radius 1 is 1.13 bits per heavy atom. The number of amides is 1. The number of nitrogens with zero attached hydrogens (tertiary/aromatic N) is 2. The van der Waals surface area contributed by atoms with E-state index >= 15 is 0 Å². The minimum absolute atomic E-state index is 0.281. The van der Waals surface area contributed by atoms with Crippen molar-refractivity contribution in [2.24, 2.45) is 4.99 Å². The van der Waals surface area contributed by atoms with E-state index in [1.54, 1.807) is 30.2 Å². The first kappa shape index (κ1) is 20.7. The van der Waals surface area contributed by atoms with Crippen molar-refractivity contribution in [2.45, 2.75) is 20.4 Å². The van der Waals surface area contributed by atoms with Crippen LogP contribution in [0.15, 0.2) is 53.5 Å². The summed E-state index contributed by atoms with van der Waals surface area (Å²) in [5.41, 5.74) is 4.05. The van der Waals surface area contributed by atoms with E-state index in [9.17, 15) is 4.79 Å². The summed E-state index contributed by atoms with van der Waals surface area (Å²) in [6.45, 7) is 5.03. The number of thioether (sulfide) groups is 1. The molecule has 154 valence electrons. The number of carbonyl (C=O) groups excluding carboxylic acids is 1. The molecule has 3 aromatic carbocycles. The summed E-state index contributed by atoms with van der Waals surface area (Å²) >= 11 is 3.36. The summed E-state index contributed by atoms with van der Waals surface area (Å²) in [6, 6.07) is 16.1. The van der Waals surface area contributed by atoms with Crippen molar-refractivity contribution >= 4 is 50.0 Å². The van der Waals surface area contributed by atoms with E-state index in [1.807, 2.05) is 36.4 Å². The lowest BCUT2D eigenvalue weighted by Crippen LogP contribution is -2.18. The average molecular weight is 437 g/mol. The van der Waals surface area contributed by atoms with Crippen LogP contribution in [0.3, 0.4) is 0 Å². The molecule has 0 fully saturated rings. The van der Waals surface area contributed by atoms with Gasteiger partial charge in [0.25, 0.3) is 5.91 Å². The van der Waals surface area contributed by atoms with Crippen molar-refractivity contribution in [1.82, 2.24) is 4.57 Å². The molecule has 0 bridgehead atoms. The molecule has 0 aliphatic rings. The molecule has 0 N–H and O–H groups in total. The van der Waals surface area contributed by atoms with Gasteiger partial charge in [0.2, 0.25) is 0 Å². The molecular formula is C24H24N2O2S2. The molecule has 4 nitrogen and oxygen atoms in total. The molecule has 0 spiro atoms. The zero-order valence-electron chi connectivity index (χ0n) is 17.6. The Balaban J connectivity index is 1.89. The standard InChI is InChI=1S/C24H24N2O2S2/c1-15-11-16(2)22-20(12-15)26(9-10-29-4)24(30-22)25-23(27)19-13-17-7-5-6-8-18(17)14-21(19)28-3/h5-8,11-14H,9-10H2,1-4H3. The van der Waals surface area contributed by atoms with Crippen LogP contribution in [0.4, 0.5) is 0 Å². The summed E-state index contributed by atoms with van der Waals surface area (Å²) in [6.07, 6.45) is 2.09. The molecular weight excluding hydrogens is 412 g/mol. The maximum absolute atomic E-state index is 13.2. The second-order valence-corrected chi connectivity index (χ2v) is 9.24. The monoisotopic (exact) mass is 436 g/mol. The van der Waals surface area contributed by atoms with Crippen molar-refractivity contribution in [2.75, 3.05) is 19.1 Å². The number of ether oxygens (including phenoxy) is 1. The summed E-state index contributed by atoms with van der Waals surface area (Å²) < 4.78 is 8.86. The van der Waals surface area contributed by atoms with Gasteiger partial charge in [-0.15, -0.1) is 0 Å². The SMILES string of the molecule is COc1cc2ccccc2cc1C(=O)N=c1sc2c(C)cc(C)cc2n1CCSC. The van der Waals surface area contributed by atoms with Gasteiger partial charge in [0.05, 0.1) is 22.9 Å². The summed E-state index contributed by atoms with van der Waals surface area (Å²) in [4.78, 5) is 18.5. The fourth-order valence-corrected chi connectivity index (χ4v) is 5.17. The van der Waals surface area contributed by atoms with Gasteiger partial charge in [-0.1, -0.05) is 41.7 Å². The van der Waals surface area contributed by atoms with Gasteiger partial charge in [-0.3, -0.25) is 4.79 Å². The van der Waals surface area contributed by atoms with Gasteiger partial charge in [0, 0.05) is 12.3 Å². The number of methoxy groups -OCH3 is 1. The van der Waals surface area contributed by atoms with E-state index in [-0.39, 0.29) is 5.91 Å². The Labute approximate surface area is 184 Å². The van der Waals surface area contributed by atoms with Crippen molar-refractivity contribution in [3.63, 3.8) is 0 Å². The Bertz CT molecular complexity index is 1320. The molecule has 0 aliphatic carbocycles. The maximum Gasteiger partial charge on any atom is 0.283 e. The largest absolute Gasteiger partial charge is 0.496 e. The van der Waals surface area contributed by atoms with E-state index in [4.69, 9.17) is 4.74 Å². The normalized spacial score (nSPS) is 12.1. The molecule has 0 unspecified atom stereocenters. The van der Waals surface area contributed by atoms with Crippen molar-refractivity contribution < 1.29 is 9.53 Å². The molecule has 1 aromatic heterocycles. The molecule has 4 rings (SSSR count). The van der Waals surface area contributed by atoms with Gasteiger partial charge in [0.15, 0.2) is 4.80 Å². The molecule has 0 saturated carbocycles. The van der Waals surface area contributed by atoms with Crippen molar-refractivity contribution in [3.05, 3.63) is 70.0 Å². The third-order valence-electron chi connectivity index (χ3n) is 5.13.